The number of carbonyl (C=O) groups is 2. The predicted molar refractivity (Wildman–Crippen MR) is 139 cm³/mol. The first-order valence-corrected chi connectivity index (χ1v) is 11.8. The molecule has 0 saturated heterocycles. The van der Waals surface area contributed by atoms with E-state index in [9.17, 15) is 9.59 Å². The van der Waals surface area contributed by atoms with Crippen LogP contribution in [-0.2, 0) is 4.79 Å². The lowest BCUT2D eigenvalue weighted by atomic mass is 9.90. The molecule has 5 rings (SSSR count). The van der Waals surface area contributed by atoms with E-state index in [1.807, 2.05) is 38.5 Å². The van der Waals surface area contributed by atoms with Gasteiger partial charge in [-0.05, 0) is 47.5 Å². The number of hydrogen-bond acceptors (Lipinski definition) is 5. The molecule has 0 bridgehead atoms. The van der Waals surface area contributed by atoms with Crippen LogP contribution in [0, 0.1) is 0 Å². The zero-order valence-corrected chi connectivity index (χ0v) is 20.2. The Hall–Kier alpha value is -4.46. The molecule has 0 fully saturated rings. The third kappa shape index (κ3) is 4.84. The van der Waals surface area contributed by atoms with Gasteiger partial charge in [-0.3, -0.25) is 9.59 Å². The van der Waals surface area contributed by atoms with Crippen LogP contribution in [0.3, 0.4) is 0 Å². The average molecular weight is 485 g/mol. The van der Waals surface area contributed by atoms with Gasteiger partial charge in [-0.2, -0.15) is 0 Å². The number of para-hydroxylation sites is 1. The third-order valence-corrected chi connectivity index (χ3v) is 6.36. The number of nitrogens with zero attached hydrogens (tertiary/aromatic N) is 1. The van der Waals surface area contributed by atoms with Gasteiger partial charge in [0.1, 0.15) is 0 Å². The number of amides is 2. The molecule has 4 aromatic rings. The van der Waals surface area contributed by atoms with Gasteiger partial charge >= 0.3 is 0 Å². The van der Waals surface area contributed by atoms with Gasteiger partial charge in [-0.15, -0.1) is 0 Å². The topological polar surface area (TPSA) is 95.7 Å². The molecule has 8 nitrogen and oxygen atoms in total. The maximum absolute atomic E-state index is 12.7. The van der Waals surface area contributed by atoms with Crippen LogP contribution in [0.1, 0.15) is 27.4 Å². The van der Waals surface area contributed by atoms with E-state index in [1.165, 1.54) is 0 Å². The second kappa shape index (κ2) is 10.0. The number of benzene rings is 3. The van der Waals surface area contributed by atoms with E-state index in [1.54, 1.807) is 18.2 Å². The first-order chi connectivity index (χ1) is 17.5. The molecule has 36 heavy (non-hydrogen) atoms. The highest BCUT2D eigenvalue weighted by molar-refractivity contribution is 5.97. The Morgan fingerprint density at radius 3 is 2.56 bits per heavy atom. The molecule has 1 aliphatic heterocycles. The second-order valence-electron chi connectivity index (χ2n) is 8.88. The standard InChI is InChI=1S/C28H28N4O4/c1-32(2)20-10-7-18(8-11-20)22(23-15-29-24-6-4-3-5-21(23)24)14-30-27(33)16-31-28(34)19-9-12-25-26(13-19)36-17-35-25/h3-13,15,22,29H,14,16-17H2,1-2H3,(H,30,33)(H,31,34)/t22-/m0/s1. The van der Waals surface area contributed by atoms with Crippen molar-refractivity contribution < 1.29 is 19.1 Å². The van der Waals surface area contributed by atoms with E-state index >= 15 is 0 Å². The molecule has 0 saturated carbocycles. The van der Waals surface area contributed by atoms with Crippen molar-refractivity contribution in [3.8, 4) is 11.5 Å². The summed E-state index contributed by atoms with van der Waals surface area (Å²) in [5.74, 6) is 0.445. The molecule has 3 N–H and O–H groups in total. The molecule has 2 amide bonds. The Bertz CT molecular complexity index is 1390. The van der Waals surface area contributed by atoms with Crippen molar-refractivity contribution in [3.63, 3.8) is 0 Å². The van der Waals surface area contributed by atoms with Gasteiger partial charge in [0.15, 0.2) is 11.5 Å². The molecule has 0 spiro atoms. The maximum Gasteiger partial charge on any atom is 0.251 e. The zero-order valence-electron chi connectivity index (χ0n) is 20.2. The van der Waals surface area contributed by atoms with Gasteiger partial charge in [0, 0.05) is 54.9 Å². The zero-order chi connectivity index (χ0) is 25.1. The SMILES string of the molecule is CN(C)c1ccc([C@H](CNC(=O)CNC(=O)c2ccc3c(c2)OCO3)c2c[nH]c3ccccc23)cc1. The average Bonchev–Trinajstić information content (AvgIpc) is 3.54. The minimum absolute atomic E-state index is 0.0640. The van der Waals surface area contributed by atoms with Crippen molar-refractivity contribution in [2.75, 3.05) is 38.9 Å². The summed E-state index contributed by atoms with van der Waals surface area (Å²) in [5.41, 5.74) is 4.75. The number of aromatic nitrogens is 1. The number of fused-ring (bicyclic) bond motifs is 2. The number of carbonyl (C=O) groups excluding carboxylic acids is 2. The highest BCUT2D eigenvalue weighted by Gasteiger charge is 2.20. The van der Waals surface area contributed by atoms with E-state index in [4.69, 9.17) is 9.47 Å². The summed E-state index contributed by atoms with van der Waals surface area (Å²) in [5, 5.41) is 6.79. The van der Waals surface area contributed by atoms with Crippen molar-refractivity contribution in [3.05, 3.63) is 89.6 Å². The molecular formula is C28H28N4O4. The number of anilines is 1. The highest BCUT2D eigenvalue weighted by Crippen LogP contribution is 2.33. The summed E-state index contributed by atoms with van der Waals surface area (Å²) >= 11 is 0. The first kappa shape index (κ1) is 23.3. The van der Waals surface area contributed by atoms with Gasteiger partial charge in [0.2, 0.25) is 12.7 Å². The Kier molecular flexibility index (Phi) is 6.49. The Labute approximate surface area is 209 Å². The van der Waals surface area contributed by atoms with Crippen LogP contribution < -0.4 is 25.0 Å². The number of aromatic amines is 1. The molecule has 1 atom stereocenters. The molecule has 0 unspecified atom stereocenters. The second-order valence-corrected chi connectivity index (χ2v) is 8.88. The minimum Gasteiger partial charge on any atom is -0.454 e. The van der Waals surface area contributed by atoms with Crippen LogP contribution in [0.25, 0.3) is 10.9 Å². The fourth-order valence-electron chi connectivity index (χ4n) is 4.37. The number of hydrogen-bond donors (Lipinski definition) is 3. The fraction of sp³-hybridized carbons (Fsp3) is 0.214. The van der Waals surface area contributed by atoms with Crippen LogP contribution in [0.5, 0.6) is 11.5 Å². The summed E-state index contributed by atoms with van der Waals surface area (Å²) in [7, 11) is 4.01. The minimum atomic E-state index is -0.351. The smallest absolute Gasteiger partial charge is 0.251 e. The van der Waals surface area contributed by atoms with E-state index < -0.39 is 0 Å². The Morgan fingerprint density at radius 2 is 1.75 bits per heavy atom. The van der Waals surface area contributed by atoms with E-state index in [0.29, 0.717) is 23.6 Å². The van der Waals surface area contributed by atoms with Crippen LogP contribution in [0.15, 0.2) is 72.9 Å². The molecule has 1 aromatic heterocycles. The molecule has 184 valence electrons. The quantitative estimate of drug-likeness (QED) is 0.355. The number of ether oxygens (including phenoxy) is 2. The summed E-state index contributed by atoms with van der Waals surface area (Å²) in [4.78, 5) is 30.6. The third-order valence-electron chi connectivity index (χ3n) is 6.36. The maximum atomic E-state index is 12.7. The van der Waals surface area contributed by atoms with Gasteiger partial charge < -0.3 is 30.0 Å². The highest BCUT2D eigenvalue weighted by atomic mass is 16.7. The van der Waals surface area contributed by atoms with Gasteiger partial charge in [-0.25, -0.2) is 0 Å². The lowest BCUT2D eigenvalue weighted by Crippen LogP contribution is -2.38. The summed E-state index contributed by atoms with van der Waals surface area (Å²) in [6.45, 7) is 0.396. The van der Waals surface area contributed by atoms with Crippen molar-refractivity contribution in [1.29, 1.82) is 0 Å². The first-order valence-electron chi connectivity index (χ1n) is 11.8. The van der Waals surface area contributed by atoms with Crippen LogP contribution in [0.4, 0.5) is 5.69 Å². The lowest BCUT2D eigenvalue weighted by molar-refractivity contribution is -0.120. The van der Waals surface area contributed by atoms with Crippen molar-refractivity contribution in [1.82, 2.24) is 15.6 Å². The number of nitrogens with one attached hydrogen (secondary N) is 3. The Morgan fingerprint density at radius 1 is 0.972 bits per heavy atom. The van der Waals surface area contributed by atoms with E-state index in [-0.39, 0.29) is 31.1 Å². The van der Waals surface area contributed by atoms with E-state index in [0.717, 1.165) is 27.7 Å². The molecule has 1 aliphatic rings. The summed E-state index contributed by atoms with van der Waals surface area (Å²) in [6.07, 6.45) is 2.00. The molecule has 3 aromatic carbocycles. The predicted octanol–water partition coefficient (Wildman–Crippen LogP) is 3.64. The number of rotatable bonds is 8. The van der Waals surface area contributed by atoms with Crippen LogP contribution >= 0.6 is 0 Å². The molecule has 0 aliphatic carbocycles. The summed E-state index contributed by atoms with van der Waals surface area (Å²) in [6, 6.07) is 21.4. The molecule has 2 heterocycles. The lowest BCUT2D eigenvalue weighted by Gasteiger charge is -2.20. The normalized spacial score (nSPS) is 12.8. The Balaban J connectivity index is 1.27. The van der Waals surface area contributed by atoms with Gasteiger partial charge in [0.25, 0.3) is 5.91 Å². The summed E-state index contributed by atoms with van der Waals surface area (Å²) < 4.78 is 10.6. The van der Waals surface area contributed by atoms with Gasteiger partial charge in [0.05, 0.1) is 6.54 Å². The molecular weight excluding hydrogens is 456 g/mol. The van der Waals surface area contributed by atoms with E-state index in [2.05, 4.69) is 50.8 Å². The largest absolute Gasteiger partial charge is 0.454 e. The van der Waals surface area contributed by atoms with Crippen LogP contribution in [0.2, 0.25) is 0 Å². The molecule has 0 radical (unpaired) electrons. The number of H-pyrrole nitrogens is 1. The monoisotopic (exact) mass is 484 g/mol. The van der Waals surface area contributed by atoms with Crippen molar-refractivity contribution in [2.45, 2.75) is 5.92 Å². The molecule has 8 heteroatoms. The van der Waals surface area contributed by atoms with Crippen molar-refractivity contribution in [2.24, 2.45) is 0 Å². The van der Waals surface area contributed by atoms with Gasteiger partial charge in [-0.1, -0.05) is 30.3 Å². The fourth-order valence-corrected chi connectivity index (χ4v) is 4.37. The van der Waals surface area contributed by atoms with Crippen molar-refractivity contribution >= 4 is 28.4 Å². The van der Waals surface area contributed by atoms with Crippen LogP contribution in [-0.4, -0.2) is 50.8 Å².